The molecule has 0 radical (unpaired) electrons. The molecule has 0 saturated carbocycles. The molecule has 1 rings (SSSR count). The number of carbonyl (C=O) groups excluding carboxylic acids is 1. The number of rotatable bonds is 6. The lowest BCUT2D eigenvalue weighted by Gasteiger charge is -2.37. The SMILES string of the molecule is CCOC(=O)C(C)(CN1CCC(CC)CC1)NC. The average molecular weight is 256 g/mol. The third-order valence-electron chi connectivity index (χ3n) is 4.10. The molecule has 18 heavy (non-hydrogen) atoms. The lowest BCUT2D eigenvalue weighted by atomic mass is 9.92. The Labute approximate surface area is 111 Å². The van der Waals surface area contributed by atoms with Gasteiger partial charge < -0.3 is 15.0 Å². The van der Waals surface area contributed by atoms with Gasteiger partial charge in [-0.15, -0.1) is 0 Å². The second-order valence-electron chi connectivity index (χ2n) is 5.43. The van der Waals surface area contributed by atoms with Gasteiger partial charge in [0.05, 0.1) is 6.61 Å². The Balaban J connectivity index is 2.50. The highest BCUT2D eigenvalue weighted by Crippen LogP contribution is 2.21. The number of piperidine rings is 1. The van der Waals surface area contributed by atoms with Gasteiger partial charge in [0.2, 0.25) is 0 Å². The molecule has 1 unspecified atom stereocenters. The highest BCUT2D eigenvalue weighted by atomic mass is 16.5. The van der Waals surface area contributed by atoms with Crippen LogP contribution in [0.1, 0.15) is 40.0 Å². The monoisotopic (exact) mass is 256 g/mol. The van der Waals surface area contributed by atoms with Crippen molar-refractivity contribution >= 4 is 5.97 Å². The largest absolute Gasteiger partial charge is 0.465 e. The van der Waals surface area contributed by atoms with Crippen molar-refractivity contribution in [2.75, 3.05) is 33.3 Å². The fourth-order valence-electron chi connectivity index (χ4n) is 2.54. The zero-order valence-corrected chi connectivity index (χ0v) is 12.3. The summed E-state index contributed by atoms with van der Waals surface area (Å²) in [6.45, 7) is 9.39. The highest BCUT2D eigenvalue weighted by Gasteiger charge is 2.35. The van der Waals surface area contributed by atoms with E-state index in [1.165, 1.54) is 19.3 Å². The van der Waals surface area contributed by atoms with E-state index in [2.05, 4.69) is 17.1 Å². The van der Waals surface area contributed by atoms with E-state index in [9.17, 15) is 4.79 Å². The topological polar surface area (TPSA) is 41.6 Å². The smallest absolute Gasteiger partial charge is 0.327 e. The molecule has 4 nitrogen and oxygen atoms in total. The fraction of sp³-hybridized carbons (Fsp3) is 0.929. The molecule has 1 N–H and O–H groups in total. The van der Waals surface area contributed by atoms with E-state index >= 15 is 0 Å². The summed E-state index contributed by atoms with van der Waals surface area (Å²) in [6.07, 6.45) is 3.77. The second-order valence-corrected chi connectivity index (χ2v) is 5.43. The van der Waals surface area contributed by atoms with Gasteiger partial charge in [-0.3, -0.25) is 4.79 Å². The summed E-state index contributed by atoms with van der Waals surface area (Å²) >= 11 is 0. The third kappa shape index (κ3) is 3.95. The molecular formula is C14H28N2O2. The molecule has 0 aromatic rings. The van der Waals surface area contributed by atoms with Crippen molar-refractivity contribution in [2.24, 2.45) is 5.92 Å². The van der Waals surface area contributed by atoms with Gasteiger partial charge >= 0.3 is 5.97 Å². The first-order valence-corrected chi connectivity index (χ1v) is 7.14. The molecule has 4 heteroatoms. The first-order chi connectivity index (χ1) is 8.55. The van der Waals surface area contributed by atoms with E-state index in [1.807, 2.05) is 20.9 Å². The molecule has 1 fully saturated rings. The number of likely N-dealkylation sites (tertiary alicyclic amines) is 1. The van der Waals surface area contributed by atoms with Crippen LogP contribution in [0.15, 0.2) is 0 Å². The van der Waals surface area contributed by atoms with Crippen molar-refractivity contribution in [2.45, 2.75) is 45.6 Å². The number of nitrogens with zero attached hydrogens (tertiary/aromatic N) is 1. The van der Waals surface area contributed by atoms with Crippen LogP contribution in [-0.4, -0.2) is 49.7 Å². The molecule has 1 aliphatic heterocycles. The number of carbonyl (C=O) groups is 1. The Morgan fingerprint density at radius 3 is 2.44 bits per heavy atom. The van der Waals surface area contributed by atoms with Crippen molar-refractivity contribution in [1.82, 2.24) is 10.2 Å². The summed E-state index contributed by atoms with van der Waals surface area (Å²) < 4.78 is 5.15. The van der Waals surface area contributed by atoms with E-state index in [-0.39, 0.29) is 5.97 Å². The molecule has 0 bridgehead atoms. The van der Waals surface area contributed by atoms with Crippen molar-refractivity contribution in [3.05, 3.63) is 0 Å². The van der Waals surface area contributed by atoms with Crippen LogP contribution in [0, 0.1) is 5.92 Å². The molecule has 1 atom stereocenters. The third-order valence-corrected chi connectivity index (χ3v) is 4.10. The maximum absolute atomic E-state index is 12.0. The van der Waals surface area contributed by atoms with Crippen LogP contribution in [0.3, 0.4) is 0 Å². The molecule has 106 valence electrons. The minimum atomic E-state index is -0.588. The highest BCUT2D eigenvalue weighted by molar-refractivity contribution is 5.80. The summed E-state index contributed by atoms with van der Waals surface area (Å²) in [6, 6.07) is 0. The second kappa shape index (κ2) is 7.10. The zero-order valence-electron chi connectivity index (χ0n) is 12.3. The minimum absolute atomic E-state index is 0.148. The van der Waals surface area contributed by atoms with E-state index in [0.29, 0.717) is 6.61 Å². The van der Waals surface area contributed by atoms with E-state index in [4.69, 9.17) is 4.74 Å². The summed E-state index contributed by atoms with van der Waals surface area (Å²) in [5.41, 5.74) is -0.588. The van der Waals surface area contributed by atoms with Gasteiger partial charge in [0.15, 0.2) is 0 Å². The molecule has 0 aliphatic carbocycles. The normalized spacial score (nSPS) is 21.6. The van der Waals surface area contributed by atoms with Crippen molar-refractivity contribution in [3.8, 4) is 0 Å². The molecule has 0 spiro atoms. The maximum Gasteiger partial charge on any atom is 0.327 e. The molecule has 0 amide bonds. The summed E-state index contributed by atoms with van der Waals surface area (Å²) in [4.78, 5) is 14.4. The Kier molecular flexibility index (Phi) is 6.09. The van der Waals surface area contributed by atoms with Gasteiger partial charge in [0.25, 0.3) is 0 Å². The van der Waals surface area contributed by atoms with Crippen LogP contribution in [0.25, 0.3) is 0 Å². The van der Waals surface area contributed by atoms with Crippen molar-refractivity contribution in [3.63, 3.8) is 0 Å². The molecule has 0 aromatic heterocycles. The predicted molar refractivity (Wildman–Crippen MR) is 73.6 cm³/mol. The van der Waals surface area contributed by atoms with Gasteiger partial charge in [-0.2, -0.15) is 0 Å². The fourth-order valence-corrected chi connectivity index (χ4v) is 2.54. The van der Waals surface area contributed by atoms with Gasteiger partial charge in [-0.05, 0) is 52.7 Å². The molecule has 1 saturated heterocycles. The van der Waals surface area contributed by atoms with Gasteiger partial charge in [0, 0.05) is 6.54 Å². The van der Waals surface area contributed by atoms with Gasteiger partial charge in [0.1, 0.15) is 5.54 Å². The Morgan fingerprint density at radius 1 is 1.39 bits per heavy atom. The van der Waals surface area contributed by atoms with Crippen LogP contribution >= 0.6 is 0 Å². The maximum atomic E-state index is 12.0. The van der Waals surface area contributed by atoms with Crippen LogP contribution in [0.4, 0.5) is 0 Å². The van der Waals surface area contributed by atoms with Crippen LogP contribution in [0.5, 0.6) is 0 Å². The number of esters is 1. The van der Waals surface area contributed by atoms with Gasteiger partial charge in [-0.1, -0.05) is 13.3 Å². The lowest BCUT2D eigenvalue weighted by Crippen LogP contribution is -2.57. The summed E-state index contributed by atoms with van der Waals surface area (Å²) in [5, 5.41) is 3.12. The molecule has 1 aliphatic rings. The number of ether oxygens (including phenoxy) is 1. The summed E-state index contributed by atoms with van der Waals surface area (Å²) in [5.74, 6) is 0.717. The average Bonchev–Trinajstić information content (AvgIpc) is 2.39. The Morgan fingerprint density at radius 2 is 2.00 bits per heavy atom. The zero-order chi connectivity index (χ0) is 13.6. The summed E-state index contributed by atoms with van der Waals surface area (Å²) in [7, 11) is 1.83. The molecular weight excluding hydrogens is 228 g/mol. The van der Waals surface area contributed by atoms with Gasteiger partial charge in [-0.25, -0.2) is 0 Å². The van der Waals surface area contributed by atoms with Crippen molar-refractivity contribution < 1.29 is 9.53 Å². The van der Waals surface area contributed by atoms with Crippen LogP contribution < -0.4 is 5.32 Å². The number of hydrogen-bond acceptors (Lipinski definition) is 4. The first kappa shape index (κ1) is 15.4. The Bertz CT molecular complexity index is 263. The number of nitrogens with one attached hydrogen (secondary N) is 1. The molecule has 0 aromatic carbocycles. The van der Waals surface area contributed by atoms with E-state index < -0.39 is 5.54 Å². The van der Waals surface area contributed by atoms with E-state index in [1.54, 1.807) is 0 Å². The first-order valence-electron chi connectivity index (χ1n) is 7.14. The van der Waals surface area contributed by atoms with Crippen molar-refractivity contribution in [1.29, 1.82) is 0 Å². The van der Waals surface area contributed by atoms with E-state index in [0.717, 1.165) is 25.6 Å². The number of hydrogen-bond donors (Lipinski definition) is 1. The number of likely N-dealkylation sites (N-methyl/N-ethyl adjacent to an activating group) is 1. The molecule has 1 heterocycles. The predicted octanol–water partition coefficient (Wildman–Crippen LogP) is 1.65. The lowest BCUT2D eigenvalue weighted by molar-refractivity contribution is -0.151. The van der Waals surface area contributed by atoms with Crippen LogP contribution in [-0.2, 0) is 9.53 Å². The quantitative estimate of drug-likeness (QED) is 0.734. The van der Waals surface area contributed by atoms with Crippen LogP contribution in [0.2, 0.25) is 0 Å². The standard InChI is InChI=1S/C14H28N2O2/c1-5-12-7-9-16(10-8-12)11-14(3,15-4)13(17)18-6-2/h12,15H,5-11H2,1-4H3. The minimum Gasteiger partial charge on any atom is -0.465 e. The Hall–Kier alpha value is -0.610.